The highest BCUT2D eigenvalue weighted by atomic mass is 16.4. The third-order valence-corrected chi connectivity index (χ3v) is 1.19. The lowest BCUT2D eigenvalue weighted by molar-refractivity contribution is -0.255. The standard InChI is InChI=1S/C6H8N2O2/c1-2-8-4-5(3-7-8)6(9)10/h3-4H,2H2,1H3,(H,9,10)/p-1. The van der Waals surface area contributed by atoms with E-state index in [0.717, 1.165) is 0 Å². The maximum Gasteiger partial charge on any atom is 0.0746 e. The maximum absolute atomic E-state index is 10.2. The van der Waals surface area contributed by atoms with Crippen molar-refractivity contribution in [2.45, 2.75) is 13.5 Å². The Hall–Kier alpha value is -1.32. The molecule has 1 rings (SSSR count). The van der Waals surface area contributed by atoms with Crippen molar-refractivity contribution in [3.05, 3.63) is 18.0 Å². The molecule has 1 aromatic heterocycles. The Morgan fingerprint density at radius 2 is 2.60 bits per heavy atom. The molecule has 0 spiro atoms. The van der Waals surface area contributed by atoms with Crippen LogP contribution in [0.4, 0.5) is 0 Å². The highest BCUT2D eigenvalue weighted by Crippen LogP contribution is 1.94. The molecule has 0 atom stereocenters. The Morgan fingerprint density at radius 1 is 1.90 bits per heavy atom. The second-order valence-corrected chi connectivity index (χ2v) is 1.87. The minimum atomic E-state index is -1.18. The Morgan fingerprint density at radius 3 is 2.90 bits per heavy atom. The van der Waals surface area contributed by atoms with Gasteiger partial charge in [0.25, 0.3) is 0 Å². The van der Waals surface area contributed by atoms with E-state index in [1.54, 1.807) is 0 Å². The van der Waals surface area contributed by atoms with Crippen LogP contribution in [0.3, 0.4) is 0 Å². The van der Waals surface area contributed by atoms with Crippen molar-refractivity contribution >= 4 is 5.97 Å². The summed E-state index contributed by atoms with van der Waals surface area (Å²) in [5.74, 6) is -1.18. The first-order chi connectivity index (χ1) is 4.74. The monoisotopic (exact) mass is 139 g/mol. The quantitative estimate of drug-likeness (QED) is 0.542. The first-order valence-corrected chi connectivity index (χ1v) is 2.98. The molecule has 4 nitrogen and oxygen atoms in total. The van der Waals surface area contributed by atoms with Crippen LogP contribution in [0.2, 0.25) is 0 Å². The van der Waals surface area contributed by atoms with Gasteiger partial charge in [-0.2, -0.15) is 5.10 Å². The molecular weight excluding hydrogens is 132 g/mol. The normalized spacial score (nSPS) is 9.70. The molecule has 1 aromatic rings. The van der Waals surface area contributed by atoms with Gasteiger partial charge in [0.15, 0.2) is 0 Å². The van der Waals surface area contributed by atoms with Gasteiger partial charge in [-0.05, 0) is 6.92 Å². The molecule has 0 saturated heterocycles. The van der Waals surface area contributed by atoms with Crippen molar-refractivity contribution in [2.24, 2.45) is 0 Å². The van der Waals surface area contributed by atoms with E-state index >= 15 is 0 Å². The molecule has 54 valence electrons. The molecule has 0 aliphatic carbocycles. The van der Waals surface area contributed by atoms with Gasteiger partial charge in [0, 0.05) is 18.3 Å². The van der Waals surface area contributed by atoms with Crippen LogP contribution in [0, 0.1) is 0 Å². The number of carbonyl (C=O) groups is 1. The maximum atomic E-state index is 10.2. The number of carboxylic acids is 1. The number of rotatable bonds is 2. The Kier molecular flexibility index (Phi) is 1.71. The van der Waals surface area contributed by atoms with Crippen LogP contribution in [-0.2, 0) is 6.54 Å². The Bertz CT molecular complexity index is 242. The number of carbonyl (C=O) groups excluding carboxylic acids is 1. The third-order valence-electron chi connectivity index (χ3n) is 1.19. The number of hydrogen-bond acceptors (Lipinski definition) is 3. The molecular formula is C6H7N2O2-. The summed E-state index contributed by atoms with van der Waals surface area (Å²) in [4.78, 5) is 10.2. The van der Waals surface area contributed by atoms with Crippen molar-refractivity contribution in [1.29, 1.82) is 0 Å². The Balaban J connectivity index is 2.88. The van der Waals surface area contributed by atoms with Crippen LogP contribution in [0.1, 0.15) is 17.3 Å². The molecule has 0 aliphatic rings. The molecule has 0 fully saturated rings. The van der Waals surface area contributed by atoms with Gasteiger partial charge < -0.3 is 9.90 Å². The average molecular weight is 139 g/mol. The van der Waals surface area contributed by atoms with Crippen LogP contribution in [0.25, 0.3) is 0 Å². The van der Waals surface area contributed by atoms with Crippen LogP contribution >= 0.6 is 0 Å². The van der Waals surface area contributed by atoms with E-state index < -0.39 is 5.97 Å². The predicted molar refractivity (Wildman–Crippen MR) is 32.2 cm³/mol. The van der Waals surface area contributed by atoms with Crippen molar-refractivity contribution in [3.63, 3.8) is 0 Å². The zero-order valence-electron chi connectivity index (χ0n) is 5.57. The van der Waals surface area contributed by atoms with Crippen LogP contribution < -0.4 is 5.11 Å². The van der Waals surface area contributed by atoms with Gasteiger partial charge in [-0.1, -0.05) is 0 Å². The van der Waals surface area contributed by atoms with Gasteiger partial charge in [0.2, 0.25) is 0 Å². The fourth-order valence-electron chi connectivity index (χ4n) is 0.642. The molecule has 1 heterocycles. The van der Waals surface area contributed by atoms with E-state index in [1.165, 1.54) is 17.1 Å². The van der Waals surface area contributed by atoms with E-state index in [1.807, 2.05) is 6.92 Å². The molecule has 0 saturated carbocycles. The largest absolute Gasteiger partial charge is 0.545 e. The molecule has 0 aromatic carbocycles. The van der Waals surface area contributed by atoms with Crippen LogP contribution in [0.15, 0.2) is 12.4 Å². The third kappa shape index (κ3) is 1.15. The van der Waals surface area contributed by atoms with E-state index in [9.17, 15) is 9.90 Å². The van der Waals surface area contributed by atoms with Crippen LogP contribution in [-0.4, -0.2) is 15.7 Å². The lowest BCUT2D eigenvalue weighted by Gasteiger charge is -1.93. The smallest absolute Gasteiger partial charge is 0.0746 e. The minimum absolute atomic E-state index is 0.127. The van der Waals surface area contributed by atoms with E-state index in [4.69, 9.17) is 0 Å². The van der Waals surface area contributed by atoms with Crippen molar-refractivity contribution in [1.82, 2.24) is 9.78 Å². The van der Waals surface area contributed by atoms with Crippen molar-refractivity contribution in [3.8, 4) is 0 Å². The van der Waals surface area contributed by atoms with E-state index in [-0.39, 0.29) is 5.56 Å². The minimum Gasteiger partial charge on any atom is -0.545 e. The molecule has 0 unspecified atom stereocenters. The summed E-state index contributed by atoms with van der Waals surface area (Å²) in [5, 5.41) is 13.9. The summed E-state index contributed by atoms with van der Waals surface area (Å²) in [6, 6.07) is 0. The molecule has 0 aliphatic heterocycles. The highest BCUT2D eigenvalue weighted by molar-refractivity contribution is 5.84. The molecule has 0 N–H and O–H groups in total. The van der Waals surface area contributed by atoms with Crippen molar-refractivity contribution < 1.29 is 9.90 Å². The first-order valence-electron chi connectivity index (χ1n) is 2.98. The van der Waals surface area contributed by atoms with Gasteiger partial charge in [0.1, 0.15) is 0 Å². The van der Waals surface area contributed by atoms with Gasteiger partial charge in [-0.25, -0.2) is 0 Å². The second kappa shape index (κ2) is 2.51. The summed E-state index contributed by atoms with van der Waals surface area (Å²) in [5.41, 5.74) is 0.127. The van der Waals surface area contributed by atoms with Gasteiger partial charge in [0.05, 0.1) is 12.2 Å². The summed E-state index contributed by atoms with van der Waals surface area (Å²) in [6.07, 6.45) is 2.72. The average Bonchev–Trinajstić information content (AvgIpc) is 2.34. The Labute approximate surface area is 58.1 Å². The van der Waals surface area contributed by atoms with Crippen LogP contribution in [0.5, 0.6) is 0 Å². The second-order valence-electron chi connectivity index (χ2n) is 1.87. The molecule has 0 bridgehead atoms. The van der Waals surface area contributed by atoms with Gasteiger partial charge in [-0.15, -0.1) is 0 Å². The fourth-order valence-corrected chi connectivity index (χ4v) is 0.642. The summed E-state index contributed by atoms with van der Waals surface area (Å²) in [6.45, 7) is 2.55. The van der Waals surface area contributed by atoms with Crippen molar-refractivity contribution in [2.75, 3.05) is 0 Å². The topological polar surface area (TPSA) is 58.0 Å². The molecule has 0 radical (unpaired) electrons. The molecule has 4 heteroatoms. The number of carboxylic acid groups (broad SMARTS) is 1. The number of aromatic nitrogens is 2. The number of aromatic carboxylic acids is 1. The zero-order chi connectivity index (χ0) is 7.56. The highest BCUT2D eigenvalue weighted by Gasteiger charge is 1.95. The summed E-state index contributed by atoms with van der Waals surface area (Å²) < 4.78 is 1.53. The number of nitrogens with zero attached hydrogens (tertiary/aromatic N) is 2. The van der Waals surface area contributed by atoms with Gasteiger partial charge >= 0.3 is 0 Å². The first kappa shape index (κ1) is 6.80. The number of hydrogen-bond donors (Lipinski definition) is 0. The van der Waals surface area contributed by atoms with E-state index in [2.05, 4.69) is 5.10 Å². The summed E-state index contributed by atoms with van der Waals surface area (Å²) >= 11 is 0. The van der Waals surface area contributed by atoms with Gasteiger partial charge in [-0.3, -0.25) is 4.68 Å². The lowest BCUT2D eigenvalue weighted by Crippen LogP contribution is -2.21. The number of aryl methyl sites for hydroxylation is 1. The molecule has 0 amide bonds. The SMILES string of the molecule is CCn1cc(C(=O)[O-])cn1. The summed E-state index contributed by atoms with van der Waals surface area (Å²) in [7, 11) is 0. The molecule has 10 heavy (non-hydrogen) atoms. The fraction of sp³-hybridized carbons (Fsp3) is 0.333. The predicted octanol–water partition coefficient (Wildman–Crippen LogP) is -0.734. The van der Waals surface area contributed by atoms with E-state index in [0.29, 0.717) is 6.54 Å². The lowest BCUT2D eigenvalue weighted by atomic mass is 10.4. The zero-order valence-corrected chi connectivity index (χ0v) is 5.57.